The predicted octanol–water partition coefficient (Wildman–Crippen LogP) is 7.92. The summed E-state index contributed by atoms with van der Waals surface area (Å²) in [6.07, 6.45) is 2.57. The van der Waals surface area contributed by atoms with Gasteiger partial charge in [0.15, 0.2) is 11.9 Å². The molecule has 2 aliphatic heterocycles. The molecule has 0 radical (unpaired) electrons. The van der Waals surface area contributed by atoms with Gasteiger partial charge in [0.1, 0.15) is 11.4 Å². The van der Waals surface area contributed by atoms with E-state index in [0.29, 0.717) is 6.17 Å². The van der Waals surface area contributed by atoms with Crippen LogP contribution in [-0.4, -0.2) is 12.7 Å². The molecule has 2 nitrogen and oxygen atoms in total. The van der Waals surface area contributed by atoms with Crippen LogP contribution in [0.1, 0.15) is 53.0 Å². The third-order valence-electron chi connectivity index (χ3n) is 8.98. The molecular formula is C29H35N2+. The van der Waals surface area contributed by atoms with Gasteiger partial charge in [0, 0.05) is 11.5 Å². The van der Waals surface area contributed by atoms with Crippen LogP contribution in [0.3, 0.4) is 0 Å². The molecule has 0 N–H and O–H groups in total. The van der Waals surface area contributed by atoms with Crippen molar-refractivity contribution in [2.45, 2.75) is 59.0 Å². The molecular weight excluding hydrogens is 376 g/mol. The second-order valence-electron chi connectivity index (χ2n) is 9.73. The van der Waals surface area contributed by atoms with Crippen LogP contribution >= 0.6 is 0 Å². The Labute approximate surface area is 187 Å². The van der Waals surface area contributed by atoms with E-state index in [4.69, 9.17) is 0 Å². The number of benzene rings is 3. The van der Waals surface area contributed by atoms with Gasteiger partial charge in [-0.2, -0.15) is 0 Å². The third kappa shape index (κ3) is 2.32. The zero-order valence-corrected chi connectivity index (χ0v) is 19.6. The van der Waals surface area contributed by atoms with Crippen LogP contribution in [0, 0.1) is 5.41 Å². The monoisotopic (exact) mass is 411 g/mol. The van der Waals surface area contributed by atoms with E-state index in [1.165, 1.54) is 28.3 Å². The summed E-state index contributed by atoms with van der Waals surface area (Å²) in [5.41, 5.74) is 7.24. The summed E-state index contributed by atoms with van der Waals surface area (Å²) in [4.78, 5) is 2.70. The molecule has 2 heterocycles. The second-order valence-corrected chi connectivity index (χ2v) is 9.73. The van der Waals surface area contributed by atoms with E-state index in [1.54, 1.807) is 0 Å². The lowest BCUT2D eigenvalue weighted by Crippen LogP contribution is -2.68. The van der Waals surface area contributed by atoms with Gasteiger partial charge in [-0.3, -0.25) is 4.90 Å². The molecule has 5 rings (SSSR count). The zero-order chi connectivity index (χ0) is 21.9. The fraction of sp³-hybridized carbons (Fsp3) is 0.379. The molecule has 0 aliphatic carbocycles. The van der Waals surface area contributed by atoms with E-state index in [2.05, 4.69) is 118 Å². The Morgan fingerprint density at radius 1 is 0.742 bits per heavy atom. The van der Waals surface area contributed by atoms with Crippen molar-refractivity contribution >= 4 is 22.7 Å². The van der Waals surface area contributed by atoms with E-state index in [1.807, 2.05) is 0 Å². The van der Waals surface area contributed by atoms with E-state index in [-0.39, 0.29) is 10.8 Å². The molecule has 2 heteroatoms. The lowest BCUT2D eigenvalue weighted by molar-refractivity contribution is 0.0376. The maximum atomic E-state index is 2.70. The first-order valence-electron chi connectivity index (χ1n) is 11.9. The molecule has 4 unspecified atom stereocenters. The van der Waals surface area contributed by atoms with Crippen molar-refractivity contribution in [3.05, 3.63) is 84.4 Å². The standard InChI is InChI=1S/C29H35N2/c1-6-28(4)23-18-12-13-19-24(23)30-25-20-14-15-21-26(25)31(8-3,22-16-10-9-11-17-22)27(30)29(28,5)7-2/h9-21,27H,6-8H2,1-5H3/q+1. The Hall–Kier alpha value is -2.58. The number of nitrogens with zero attached hydrogens (tertiary/aromatic N) is 2. The zero-order valence-electron chi connectivity index (χ0n) is 19.6. The van der Waals surface area contributed by atoms with Crippen molar-refractivity contribution in [3.8, 4) is 0 Å². The van der Waals surface area contributed by atoms with Crippen LogP contribution in [0.5, 0.6) is 0 Å². The molecule has 0 amide bonds. The topological polar surface area (TPSA) is 3.24 Å². The number of anilines is 2. The van der Waals surface area contributed by atoms with Crippen molar-refractivity contribution in [1.29, 1.82) is 0 Å². The Kier molecular flexibility index (Phi) is 4.57. The largest absolute Gasteiger partial charge is 0.284 e. The van der Waals surface area contributed by atoms with Crippen LogP contribution in [0.25, 0.3) is 0 Å². The highest BCUT2D eigenvalue weighted by atomic mass is 15.6. The summed E-state index contributed by atoms with van der Waals surface area (Å²) in [6.45, 7) is 13.3. The fourth-order valence-corrected chi connectivity index (χ4v) is 6.91. The van der Waals surface area contributed by atoms with E-state index >= 15 is 0 Å². The quantitative estimate of drug-likeness (QED) is 0.394. The van der Waals surface area contributed by atoms with Crippen LogP contribution in [-0.2, 0) is 5.41 Å². The smallest absolute Gasteiger partial charge is 0.185 e. The molecule has 0 saturated heterocycles. The summed E-state index contributed by atoms with van der Waals surface area (Å²) in [5, 5.41) is 0. The van der Waals surface area contributed by atoms with Gasteiger partial charge in [0.05, 0.1) is 17.6 Å². The normalized spacial score (nSPS) is 31.1. The molecule has 31 heavy (non-hydrogen) atoms. The van der Waals surface area contributed by atoms with Crippen molar-refractivity contribution in [2.24, 2.45) is 5.41 Å². The molecule has 4 atom stereocenters. The highest BCUT2D eigenvalue weighted by Gasteiger charge is 2.67. The fourth-order valence-electron chi connectivity index (χ4n) is 6.91. The SMILES string of the molecule is CCC1(C)c2ccccc2N2c3ccccc3[N+](CC)(c3ccccc3)C2C1(C)CC. The van der Waals surface area contributed by atoms with Crippen molar-refractivity contribution in [3.63, 3.8) is 0 Å². The maximum absolute atomic E-state index is 2.70. The highest BCUT2D eigenvalue weighted by Crippen LogP contribution is 2.66. The van der Waals surface area contributed by atoms with Gasteiger partial charge in [-0.15, -0.1) is 0 Å². The number of rotatable bonds is 4. The summed E-state index contributed by atoms with van der Waals surface area (Å²) >= 11 is 0. The first-order valence-corrected chi connectivity index (χ1v) is 11.9. The van der Waals surface area contributed by atoms with E-state index in [9.17, 15) is 0 Å². The molecule has 0 aromatic heterocycles. The molecule has 160 valence electrons. The van der Waals surface area contributed by atoms with E-state index < -0.39 is 0 Å². The summed E-state index contributed by atoms with van der Waals surface area (Å²) < 4.78 is 0.880. The van der Waals surface area contributed by atoms with Crippen LogP contribution < -0.4 is 9.38 Å². The van der Waals surface area contributed by atoms with Crippen molar-refractivity contribution in [1.82, 2.24) is 4.48 Å². The first-order chi connectivity index (χ1) is 15.0. The van der Waals surface area contributed by atoms with Crippen LogP contribution in [0.4, 0.5) is 22.7 Å². The van der Waals surface area contributed by atoms with Gasteiger partial charge >= 0.3 is 0 Å². The van der Waals surface area contributed by atoms with E-state index in [0.717, 1.165) is 23.9 Å². The summed E-state index contributed by atoms with van der Waals surface area (Å²) in [7, 11) is 0. The van der Waals surface area contributed by atoms with Gasteiger partial charge in [0.25, 0.3) is 0 Å². The molecule has 2 aliphatic rings. The van der Waals surface area contributed by atoms with Gasteiger partial charge in [-0.25, -0.2) is 4.48 Å². The first kappa shape index (κ1) is 20.3. The third-order valence-corrected chi connectivity index (χ3v) is 8.98. The number of para-hydroxylation sites is 4. The maximum Gasteiger partial charge on any atom is 0.185 e. The Balaban J connectivity index is 1.94. The summed E-state index contributed by atoms with van der Waals surface area (Å²) in [5.74, 6) is 0. The number of quaternary nitrogens is 1. The number of fused-ring (bicyclic) bond motifs is 5. The minimum absolute atomic E-state index is 0.0843. The lowest BCUT2D eigenvalue weighted by Gasteiger charge is -2.59. The van der Waals surface area contributed by atoms with Gasteiger partial charge < -0.3 is 0 Å². The molecule has 3 aromatic carbocycles. The predicted molar refractivity (Wildman–Crippen MR) is 133 cm³/mol. The Bertz CT molecular complexity index is 1110. The molecule has 3 aromatic rings. The Morgan fingerprint density at radius 2 is 1.35 bits per heavy atom. The highest BCUT2D eigenvalue weighted by molar-refractivity contribution is 5.88. The van der Waals surface area contributed by atoms with Gasteiger partial charge in [0.2, 0.25) is 0 Å². The molecule has 0 bridgehead atoms. The summed E-state index contributed by atoms with van der Waals surface area (Å²) in [6, 6.07) is 29.5. The van der Waals surface area contributed by atoms with Gasteiger partial charge in [-0.05, 0) is 49.6 Å². The van der Waals surface area contributed by atoms with Crippen molar-refractivity contribution < 1.29 is 0 Å². The number of hydrogen-bond acceptors (Lipinski definition) is 1. The average molecular weight is 412 g/mol. The Morgan fingerprint density at radius 3 is 2.00 bits per heavy atom. The van der Waals surface area contributed by atoms with Crippen LogP contribution in [0.2, 0.25) is 0 Å². The molecule has 0 saturated carbocycles. The molecule has 0 spiro atoms. The second kappa shape index (κ2) is 6.97. The lowest BCUT2D eigenvalue weighted by atomic mass is 9.54. The van der Waals surface area contributed by atoms with Gasteiger partial charge in [-0.1, -0.05) is 76.2 Å². The minimum atomic E-state index is 0.0843. The molecule has 0 fully saturated rings. The van der Waals surface area contributed by atoms with Crippen molar-refractivity contribution in [2.75, 3.05) is 11.4 Å². The number of hydrogen-bond donors (Lipinski definition) is 0. The average Bonchev–Trinajstić information content (AvgIpc) is 3.15. The minimum Gasteiger partial charge on any atom is -0.284 e. The van der Waals surface area contributed by atoms with Crippen LogP contribution in [0.15, 0.2) is 78.9 Å².